The molecule has 1 aromatic carbocycles. The van der Waals surface area contributed by atoms with Crippen LogP contribution in [0, 0.1) is 0 Å². The second-order valence-electron chi connectivity index (χ2n) is 4.96. The van der Waals surface area contributed by atoms with Crippen LogP contribution in [0.25, 0.3) is 0 Å². The van der Waals surface area contributed by atoms with Gasteiger partial charge in [0.1, 0.15) is 5.75 Å². The molecule has 0 aliphatic carbocycles. The third kappa shape index (κ3) is 4.21. The molecule has 0 aromatic heterocycles. The summed E-state index contributed by atoms with van der Waals surface area (Å²) < 4.78 is 10.3. The van der Waals surface area contributed by atoms with Gasteiger partial charge in [0.15, 0.2) is 0 Å². The van der Waals surface area contributed by atoms with E-state index in [-0.39, 0.29) is 11.9 Å². The number of amides is 1. The Morgan fingerprint density at radius 2 is 2.40 bits per heavy atom. The average molecular weight is 279 g/mol. The highest BCUT2D eigenvalue weighted by molar-refractivity contribution is 5.76. The highest BCUT2D eigenvalue weighted by Crippen LogP contribution is 2.14. The Balaban J connectivity index is 1.79. The fraction of sp³-hybridized carbons (Fsp3) is 0.533. The number of aryl methyl sites for hydroxylation is 1. The summed E-state index contributed by atoms with van der Waals surface area (Å²) in [5.74, 6) is 0.751. The van der Waals surface area contributed by atoms with Gasteiger partial charge in [-0.1, -0.05) is 12.1 Å². The highest BCUT2D eigenvalue weighted by Gasteiger charge is 2.24. The first kappa shape index (κ1) is 14.8. The fourth-order valence-corrected chi connectivity index (χ4v) is 2.26. The molecule has 0 radical (unpaired) electrons. The number of methoxy groups -OCH3 is 1. The van der Waals surface area contributed by atoms with Crippen molar-refractivity contribution in [2.75, 3.05) is 20.3 Å². The van der Waals surface area contributed by atoms with Crippen molar-refractivity contribution in [2.45, 2.75) is 31.4 Å². The Kier molecular flexibility index (Phi) is 5.38. The Morgan fingerprint density at radius 1 is 1.55 bits per heavy atom. The number of hydrogen-bond acceptors (Lipinski definition) is 4. The minimum Gasteiger partial charge on any atom is -0.497 e. The summed E-state index contributed by atoms with van der Waals surface area (Å²) in [6, 6.07) is 7.49. The number of ether oxygens (including phenoxy) is 2. The number of benzene rings is 1. The van der Waals surface area contributed by atoms with Gasteiger partial charge in [-0.15, -0.1) is 0 Å². The predicted molar refractivity (Wildman–Crippen MR) is 74.7 cm³/mol. The summed E-state index contributed by atoms with van der Waals surface area (Å²) in [7, 11) is 1.62. The maximum Gasteiger partial charge on any atom is 0.220 e. The quantitative estimate of drug-likeness (QED) is 0.840. The van der Waals surface area contributed by atoms with E-state index in [1.54, 1.807) is 7.11 Å². The molecule has 5 heteroatoms. The molecule has 110 valence electrons. The molecule has 5 nitrogen and oxygen atoms in total. The number of carbonyl (C=O) groups excluding carboxylic acids is 1. The van der Waals surface area contributed by atoms with Crippen LogP contribution in [0.5, 0.6) is 5.75 Å². The zero-order valence-corrected chi connectivity index (χ0v) is 11.7. The van der Waals surface area contributed by atoms with Crippen LogP contribution in [-0.2, 0) is 16.0 Å². The van der Waals surface area contributed by atoms with E-state index >= 15 is 0 Å². The van der Waals surface area contributed by atoms with Gasteiger partial charge in [0.25, 0.3) is 0 Å². The first-order valence-corrected chi connectivity index (χ1v) is 6.87. The topological polar surface area (TPSA) is 67.8 Å². The standard InChI is InChI=1S/C15H21NO4/c1-19-12-4-2-3-11(9-12)5-6-15(18)16-13-7-8-20-10-14(13)17/h2-4,9,13-14,17H,5-8,10H2,1H3,(H,16,18)/t13-,14-/m1/s1. The summed E-state index contributed by atoms with van der Waals surface area (Å²) in [4.78, 5) is 11.9. The molecule has 0 saturated carbocycles. The Bertz CT molecular complexity index is 449. The maximum atomic E-state index is 11.9. The van der Waals surface area contributed by atoms with Crippen molar-refractivity contribution < 1.29 is 19.4 Å². The van der Waals surface area contributed by atoms with Crippen molar-refractivity contribution in [3.05, 3.63) is 29.8 Å². The lowest BCUT2D eigenvalue weighted by Crippen LogP contribution is -2.48. The average Bonchev–Trinajstić information content (AvgIpc) is 2.48. The lowest BCUT2D eigenvalue weighted by molar-refractivity contribution is -0.124. The van der Waals surface area contributed by atoms with E-state index in [0.717, 1.165) is 11.3 Å². The summed E-state index contributed by atoms with van der Waals surface area (Å²) in [6.45, 7) is 0.874. The molecule has 2 N–H and O–H groups in total. The molecule has 20 heavy (non-hydrogen) atoms. The van der Waals surface area contributed by atoms with Gasteiger partial charge >= 0.3 is 0 Å². The van der Waals surface area contributed by atoms with Gasteiger partial charge in [-0.3, -0.25) is 4.79 Å². The Morgan fingerprint density at radius 3 is 3.15 bits per heavy atom. The zero-order chi connectivity index (χ0) is 14.4. The van der Waals surface area contributed by atoms with Crippen LogP contribution in [0.4, 0.5) is 0 Å². The number of carbonyl (C=O) groups is 1. The molecular formula is C15H21NO4. The smallest absolute Gasteiger partial charge is 0.220 e. The third-order valence-corrected chi connectivity index (χ3v) is 3.45. The minimum absolute atomic E-state index is 0.0428. The van der Waals surface area contributed by atoms with Crippen LogP contribution < -0.4 is 10.1 Å². The lowest BCUT2D eigenvalue weighted by Gasteiger charge is -2.28. The molecule has 1 saturated heterocycles. The van der Waals surface area contributed by atoms with Crippen molar-refractivity contribution in [1.29, 1.82) is 0 Å². The van der Waals surface area contributed by atoms with Gasteiger partial charge in [-0.2, -0.15) is 0 Å². The molecule has 1 aliphatic rings. The summed E-state index contributed by atoms with van der Waals surface area (Å²) in [5, 5.41) is 12.6. The molecule has 1 amide bonds. The highest BCUT2D eigenvalue weighted by atomic mass is 16.5. The van der Waals surface area contributed by atoms with Crippen molar-refractivity contribution in [3.8, 4) is 5.75 Å². The van der Waals surface area contributed by atoms with E-state index in [0.29, 0.717) is 32.5 Å². The maximum absolute atomic E-state index is 11.9. The molecule has 0 bridgehead atoms. The van der Waals surface area contributed by atoms with E-state index in [1.165, 1.54) is 0 Å². The Labute approximate surface area is 118 Å². The van der Waals surface area contributed by atoms with Crippen LogP contribution >= 0.6 is 0 Å². The number of nitrogens with one attached hydrogen (secondary N) is 1. The molecule has 1 aliphatic heterocycles. The molecule has 1 aromatic rings. The molecule has 0 unspecified atom stereocenters. The van der Waals surface area contributed by atoms with Crippen molar-refractivity contribution in [2.24, 2.45) is 0 Å². The summed E-state index contributed by atoms with van der Waals surface area (Å²) in [5.41, 5.74) is 1.06. The van der Waals surface area contributed by atoms with E-state index in [1.807, 2.05) is 24.3 Å². The van der Waals surface area contributed by atoms with E-state index in [4.69, 9.17) is 9.47 Å². The molecule has 1 heterocycles. The van der Waals surface area contributed by atoms with E-state index in [9.17, 15) is 9.90 Å². The van der Waals surface area contributed by atoms with Crippen LogP contribution in [0.2, 0.25) is 0 Å². The van der Waals surface area contributed by atoms with E-state index in [2.05, 4.69) is 5.32 Å². The minimum atomic E-state index is -0.607. The number of hydrogen-bond donors (Lipinski definition) is 2. The van der Waals surface area contributed by atoms with Crippen LogP contribution in [0.15, 0.2) is 24.3 Å². The number of aliphatic hydroxyl groups is 1. The van der Waals surface area contributed by atoms with Crippen molar-refractivity contribution >= 4 is 5.91 Å². The zero-order valence-electron chi connectivity index (χ0n) is 11.7. The van der Waals surface area contributed by atoms with Crippen LogP contribution in [0.1, 0.15) is 18.4 Å². The molecule has 0 spiro atoms. The molecule has 2 rings (SSSR count). The van der Waals surface area contributed by atoms with Crippen LogP contribution in [-0.4, -0.2) is 43.5 Å². The first-order valence-electron chi connectivity index (χ1n) is 6.87. The van der Waals surface area contributed by atoms with Gasteiger partial charge in [0.05, 0.1) is 25.9 Å². The predicted octanol–water partition coefficient (Wildman–Crippen LogP) is 0.894. The molecule has 2 atom stereocenters. The second-order valence-corrected chi connectivity index (χ2v) is 4.96. The first-order chi connectivity index (χ1) is 9.69. The van der Waals surface area contributed by atoms with Gasteiger partial charge in [-0.05, 0) is 30.5 Å². The van der Waals surface area contributed by atoms with Crippen molar-refractivity contribution in [1.82, 2.24) is 5.32 Å². The SMILES string of the molecule is COc1cccc(CCC(=O)N[C@@H]2CCOC[C@H]2O)c1. The largest absolute Gasteiger partial charge is 0.497 e. The number of rotatable bonds is 5. The normalized spacial score (nSPS) is 22.3. The van der Waals surface area contributed by atoms with Gasteiger partial charge in [-0.25, -0.2) is 0 Å². The molecule has 1 fully saturated rings. The van der Waals surface area contributed by atoms with Gasteiger partial charge in [0.2, 0.25) is 5.91 Å². The van der Waals surface area contributed by atoms with E-state index < -0.39 is 6.10 Å². The van der Waals surface area contributed by atoms with Gasteiger partial charge < -0.3 is 19.9 Å². The number of aliphatic hydroxyl groups excluding tert-OH is 1. The molecular weight excluding hydrogens is 258 g/mol. The van der Waals surface area contributed by atoms with Crippen molar-refractivity contribution in [3.63, 3.8) is 0 Å². The monoisotopic (exact) mass is 279 g/mol. The fourth-order valence-electron chi connectivity index (χ4n) is 2.26. The second kappa shape index (κ2) is 7.26. The summed E-state index contributed by atoms with van der Waals surface area (Å²) >= 11 is 0. The van der Waals surface area contributed by atoms with Crippen LogP contribution in [0.3, 0.4) is 0 Å². The Hall–Kier alpha value is -1.59. The lowest BCUT2D eigenvalue weighted by atomic mass is 10.1. The summed E-state index contributed by atoms with van der Waals surface area (Å²) in [6.07, 6.45) is 1.11. The third-order valence-electron chi connectivity index (χ3n) is 3.45. The van der Waals surface area contributed by atoms with Gasteiger partial charge in [0, 0.05) is 13.0 Å².